The van der Waals surface area contributed by atoms with Gasteiger partial charge in [0.1, 0.15) is 0 Å². The van der Waals surface area contributed by atoms with Gasteiger partial charge < -0.3 is 4.74 Å². The largest absolute Gasteiger partial charge is 1.00 e. The van der Waals surface area contributed by atoms with Crippen molar-refractivity contribution >= 4 is 6.21 Å². The van der Waals surface area contributed by atoms with Gasteiger partial charge in [-0.2, -0.15) is 0 Å². The van der Waals surface area contributed by atoms with Gasteiger partial charge in [-0.25, -0.2) is 0 Å². The molecule has 1 aliphatic rings. The van der Waals surface area contributed by atoms with E-state index in [1.165, 1.54) is 0 Å². The smallest absolute Gasteiger partial charge is 0.479 e. The molecule has 0 spiro atoms. The van der Waals surface area contributed by atoms with Crippen LogP contribution in [0.1, 0.15) is 1.43 Å². The Kier molecular flexibility index (Phi) is 0.906. The first-order valence-corrected chi connectivity index (χ1v) is 1.77. The van der Waals surface area contributed by atoms with Crippen molar-refractivity contribution in [1.29, 1.82) is 0 Å². The molecule has 0 aromatic carbocycles. The molecule has 0 amide bonds. The lowest BCUT2D eigenvalue weighted by Gasteiger charge is -1.94. The van der Waals surface area contributed by atoms with Crippen LogP contribution in [0, 0.1) is 0 Å². The molecule has 2 heteroatoms. The quantitative estimate of drug-likeness (QED) is 0.422. The summed E-state index contributed by atoms with van der Waals surface area (Å²) in [6.07, 6.45) is 5.08. The number of hydrogen-bond donors (Lipinski definition) is 0. The summed E-state index contributed by atoms with van der Waals surface area (Å²) in [6.45, 7) is 0.483. The summed E-state index contributed by atoms with van der Waals surface area (Å²) in [5.41, 5.74) is 0. The number of aliphatic imine (C=N–C) groups is 1. The zero-order chi connectivity index (χ0) is 4.24. The molecule has 0 saturated heterocycles. The van der Waals surface area contributed by atoms with Crippen LogP contribution in [0.4, 0.5) is 0 Å². The lowest BCUT2D eigenvalue weighted by atomic mass is 10.7. The highest BCUT2D eigenvalue weighted by atomic mass is 16.5. The predicted octanol–water partition coefficient (Wildman–Crippen LogP) is 0.671. The standard InChI is InChI=1S/C4H5NO/c1-2-5-4-6-3-1/h1-3H,4H2/p+1. The first-order valence-electron chi connectivity index (χ1n) is 1.77. The van der Waals surface area contributed by atoms with Crippen molar-refractivity contribution < 1.29 is 6.16 Å². The lowest BCUT2D eigenvalue weighted by molar-refractivity contribution is 0.259. The minimum absolute atomic E-state index is 0. The second-order valence-electron chi connectivity index (χ2n) is 0.956. The van der Waals surface area contributed by atoms with E-state index in [1.807, 2.05) is 0 Å². The summed E-state index contributed by atoms with van der Waals surface area (Å²) in [5.74, 6) is 0. The van der Waals surface area contributed by atoms with E-state index in [9.17, 15) is 0 Å². The maximum Gasteiger partial charge on any atom is 1.00 e. The van der Waals surface area contributed by atoms with Crippen molar-refractivity contribution in [3.8, 4) is 0 Å². The summed E-state index contributed by atoms with van der Waals surface area (Å²) in [4.78, 5) is 3.74. The molecule has 32 valence electrons. The Hall–Kier alpha value is -0.790. The van der Waals surface area contributed by atoms with Gasteiger partial charge in [-0.3, -0.25) is 4.99 Å². The second kappa shape index (κ2) is 1.60. The van der Waals surface area contributed by atoms with Gasteiger partial charge in [0.05, 0.1) is 6.26 Å². The maximum absolute atomic E-state index is 4.69. The molecule has 0 N–H and O–H groups in total. The molecular formula is C4H6NO+. The molecule has 0 radical (unpaired) electrons. The molecule has 1 aliphatic heterocycles. The molecule has 1 rings (SSSR count). The minimum atomic E-state index is 0. The Labute approximate surface area is 37.6 Å². The zero-order valence-corrected chi connectivity index (χ0v) is 3.29. The highest BCUT2D eigenvalue weighted by molar-refractivity contribution is 5.70. The molecule has 6 heavy (non-hydrogen) atoms. The number of rotatable bonds is 0. The number of nitrogens with zero attached hydrogens (tertiary/aromatic N) is 1. The van der Waals surface area contributed by atoms with Crippen LogP contribution < -0.4 is 0 Å². The van der Waals surface area contributed by atoms with Crippen molar-refractivity contribution in [3.63, 3.8) is 0 Å². The monoisotopic (exact) mass is 84.0 g/mol. The van der Waals surface area contributed by atoms with Crippen LogP contribution in [0.3, 0.4) is 0 Å². The number of allylic oxidation sites excluding steroid dienone is 1. The van der Waals surface area contributed by atoms with Crippen LogP contribution in [-0.4, -0.2) is 12.9 Å². The molecule has 0 aliphatic carbocycles. The fourth-order valence-corrected chi connectivity index (χ4v) is 0.281. The topological polar surface area (TPSA) is 21.6 Å². The Morgan fingerprint density at radius 1 is 1.83 bits per heavy atom. The highest BCUT2D eigenvalue weighted by Gasteiger charge is 1.75. The highest BCUT2D eigenvalue weighted by Crippen LogP contribution is 1.81. The van der Waals surface area contributed by atoms with Gasteiger partial charge in [-0.05, 0) is 6.08 Å². The lowest BCUT2D eigenvalue weighted by Crippen LogP contribution is -1.86. The van der Waals surface area contributed by atoms with E-state index < -0.39 is 0 Å². The van der Waals surface area contributed by atoms with Crippen LogP contribution in [0.15, 0.2) is 17.3 Å². The molecule has 0 aromatic rings. The molecule has 0 saturated carbocycles. The van der Waals surface area contributed by atoms with Crippen molar-refractivity contribution in [1.82, 2.24) is 0 Å². The van der Waals surface area contributed by atoms with Gasteiger partial charge in [-0.1, -0.05) is 0 Å². The van der Waals surface area contributed by atoms with Gasteiger partial charge in [0.2, 0.25) is 0 Å². The first-order chi connectivity index (χ1) is 3.00. The van der Waals surface area contributed by atoms with Crippen molar-refractivity contribution in [2.75, 3.05) is 6.73 Å². The van der Waals surface area contributed by atoms with Gasteiger partial charge in [0.25, 0.3) is 0 Å². The van der Waals surface area contributed by atoms with E-state index in [2.05, 4.69) is 4.99 Å². The van der Waals surface area contributed by atoms with E-state index in [4.69, 9.17) is 4.74 Å². The Balaban J connectivity index is 0.000000360. The van der Waals surface area contributed by atoms with Crippen molar-refractivity contribution in [3.05, 3.63) is 12.3 Å². The molecule has 1 heterocycles. The average molecular weight is 84.1 g/mol. The predicted molar refractivity (Wildman–Crippen MR) is 24.7 cm³/mol. The third-order valence-electron chi connectivity index (χ3n) is 0.515. The van der Waals surface area contributed by atoms with E-state index in [-0.39, 0.29) is 1.43 Å². The number of ether oxygens (including phenoxy) is 1. The van der Waals surface area contributed by atoms with Gasteiger partial charge in [0.15, 0.2) is 6.73 Å². The molecule has 0 atom stereocenters. The van der Waals surface area contributed by atoms with Crippen LogP contribution in [0.2, 0.25) is 0 Å². The molecule has 0 bridgehead atoms. The van der Waals surface area contributed by atoms with Crippen molar-refractivity contribution in [2.24, 2.45) is 4.99 Å². The number of hydrogen-bond acceptors (Lipinski definition) is 2. The van der Waals surface area contributed by atoms with E-state index in [0.717, 1.165) is 0 Å². The van der Waals surface area contributed by atoms with Crippen molar-refractivity contribution in [2.45, 2.75) is 0 Å². The zero-order valence-electron chi connectivity index (χ0n) is 4.29. The molecule has 0 unspecified atom stereocenters. The Morgan fingerprint density at radius 3 is 3.00 bits per heavy atom. The van der Waals surface area contributed by atoms with Gasteiger partial charge in [0, 0.05) is 6.21 Å². The molecule has 0 fully saturated rings. The molecular weight excluding hydrogens is 78.0 g/mol. The Morgan fingerprint density at radius 2 is 2.83 bits per heavy atom. The fourth-order valence-electron chi connectivity index (χ4n) is 0.281. The van der Waals surface area contributed by atoms with Crippen LogP contribution in [0.5, 0.6) is 0 Å². The normalized spacial score (nSPS) is 17.3. The van der Waals surface area contributed by atoms with Gasteiger partial charge >= 0.3 is 1.43 Å². The minimum Gasteiger partial charge on any atom is -0.479 e. The SMILES string of the molecule is C1=COCN=C1.[H+]. The summed E-state index contributed by atoms with van der Waals surface area (Å²) in [6, 6.07) is 0. The fraction of sp³-hybridized carbons (Fsp3) is 0.250. The third kappa shape index (κ3) is 0.578. The summed E-state index contributed by atoms with van der Waals surface area (Å²) in [5, 5.41) is 0. The average Bonchev–Trinajstić information content (AvgIpc) is 1.72. The van der Waals surface area contributed by atoms with E-state index in [0.29, 0.717) is 6.73 Å². The first kappa shape index (κ1) is 3.40. The van der Waals surface area contributed by atoms with Crippen LogP contribution >= 0.6 is 0 Å². The van der Waals surface area contributed by atoms with Crippen LogP contribution in [-0.2, 0) is 4.74 Å². The summed E-state index contributed by atoms with van der Waals surface area (Å²) >= 11 is 0. The second-order valence-corrected chi connectivity index (χ2v) is 0.956. The Bertz CT molecular complexity index is 77.7. The molecule has 2 nitrogen and oxygen atoms in total. The van der Waals surface area contributed by atoms with E-state index >= 15 is 0 Å². The summed E-state index contributed by atoms with van der Waals surface area (Å²) < 4.78 is 4.69. The van der Waals surface area contributed by atoms with E-state index in [1.54, 1.807) is 18.6 Å². The summed E-state index contributed by atoms with van der Waals surface area (Å²) in [7, 11) is 0. The third-order valence-corrected chi connectivity index (χ3v) is 0.515. The van der Waals surface area contributed by atoms with Crippen LogP contribution in [0.25, 0.3) is 0 Å². The molecule has 0 aromatic heterocycles. The maximum atomic E-state index is 4.69. The van der Waals surface area contributed by atoms with Gasteiger partial charge in [-0.15, -0.1) is 0 Å².